The number of hydrogen-bond acceptors (Lipinski definition) is 4. The number of hydrogen-bond donors (Lipinski definition) is 1. The Labute approximate surface area is 169 Å². The summed E-state index contributed by atoms with van der Waals surface area (Å²) < 4.78 is 27.5. The second kappa shape index (κ2) is 9.37. The van der Waals surface area contributed by atoms with E-state index in [1.165, 1.54) is 30.2 Å². The molecule has 2 aliphatic rings. The summed E-state index contributed by atoms with van der Waals surface area (Å²) in [4.78, 5) is 15.3. The van der Waals surface area contributed by atoms with Crippen LogP contribution in [0.1, 0.15) is 43.2 Å². The SMILES string of the molecule is Cc1ccc(C)c(S(=O)(=O)N2CCC(C(=O)NCCCN3CCCC3)CC2)c1. The molecule has 0 saturated carbocycles. The van der Waals surface area contributed by atoms with E-state index in [0.29, 0.717) is 37.4 Å². The van der Waals surface area contributed by atoms with E-state index in [4.69, 9.17) is 0 Å². The van der Waals surface area contributed by atoms with Gasteiger partial charge in [-0.1, -0.05) is 12.1 Å². The lowest BCUT2D eigenvalue weighted by atomic mass is 9.97. The van der Waals surface area contributed by atoms with Crippen LogP contribution in [0.25, 0.3) is 0 Å². The zero-order valence-corrected chi connectivity index (χ0v) is 17.9. The second-order valence-corrected chi connectivity index (χ2v) is 10.0. The van der Waals surface area contributed by atoms with Gasteiger partial charge in [-0.3, -0.25) is 4.79 Å². The summed E-state index contributed by atoms with van der Waals surface area (Å²) in [6.45, 7) is 8.66. The minimum absolute atomic E-state index is 0.0743. The van der Waals surface area contributed by atoms with Gasteiger partial charge in [0.05, 0.1) is 4.90 Å². The zero-order chi connectivity index (χ0) is 20.1. The average Bonchev–Trinajstić information content (AvgIpc) is 3.20. The van der Waals surface area contributed by atoms with Gasteiger partial charge in [0.2, 0.25) is 15.9 Å². The Morgan fingerprint density at radius 3 is 2.46 bits per heavy atom. The molecule has 156 valence electrons. The monoisotopic (exact) mass is 407 g/mol. The number of likely N-dealkylation sites (tertiary alicyclic amines) is 1. The molecule has 2 heterocycles. The number of sulfonamides is 1. The third-order valence-corrected chi connectivity index (χ3v) is 7.98. The number of benzene rings is 1. The maximum Gasteiger partial charge on any atom is 0.243 e. The van der Waals surface area contributed by atoms with Crippen molar-refractivity contribution in [1.82, 2.24) is 14.5 Å². The van der Waals surface area contributed by atoms with Crippen LogP contribution in [0.5, 0.6) is 0 Å². The van der Waals surface area contributed by atoms with Crippen LogP contribution in [0.3, 0.4) is 0 Å². The third-order valence-electron chi connectivity index (χ3n) is 5.94. The van der Waals surface area contributed by atoms with Crippen LogP contribution in [0.4, 0.5) is 0 Å². The molecule has 28 heavy (non-hydrogen) atoms. The van der Waals surface area contributed by atoms with E-state index in [0.717, 1.165) is 24.1 Å². The fraction of sp³-hybridized carbons (Fsp3) is 0.667. The number of carbonyl (C=O) groups excluding carboxylic acids is 1. The van der Waals surface area contributed by atoms with Gasteiger partial charge in [0.15, 0.2) is 0 Å². The van der Waals surface area contributed by atoms with E-state index in [1.807, 2.05) is 26.0 Å². The number of amides is 1. The number of nitrogens with one attached hydrogen (secondary N) is 1. The van der Waals surface area contributed by atoms with Crippen LogP contribution < -0.4 is 5.32 Å². The van der Waals surface area contributed by atoms with Crippen molar-refractivity contribution < 1.29 is 13.2 Å². The summed E-state index contributed by atoms with van der Waals surface area (Å²) in [7, 11) is -3.50. The maximum atomic E-state index is 13.0. The van der Waals surface area contributed by atoms with E-state index in [1.54, 1.807) is 6.07 Å². The number of piperidine rings is 1. The lowest BCUT2D eigenvalue weighted by molar-refractivity contribution is -0.126. The highest BCUT2D eigenvalue weighted by molar-refractivity contribution is 7.89. The summed E-state index contributed by atoms with van der Waals surface area (Å²) in [6, 6.07) is 5.52. The smallest absolute Gasteiger partial charge is 0.243 e. The van der Waals surface area contributed by atoms with Crippen molar-refractivity contribution in [3.05, 3.63) is 29.3 Å². The molecule has 6 nitrogen and oxygen atoms in total. The van der Waals surface area contributed by atoms with Gasteiger partial charge in [0.25, 0.3) is 0 Å². The molecule has 1 aromatic carbocycles. The molecule has 1 aromatic rings. The van der Waals surface area contributed by atoms with Crippen LogP contribution in [0, 0.1) is 19.8 Å². The second-order valence-electron chi connectivity index (χ2n) is 8.14. The molecule has 1 N–H and O–H groups in total. The Kier molecular flexibility index (Phi) is 7.12. The van der Waals surface area contributed by atoms with Gasteiger partial charge in [-0.15, -0.1) is 0 Å². The molecule has 0 unspecified atom stereocenters. The number of rotatable bonds is 7. The summed E-state index contributed by atoms with van der Waals surface area (Å²) in [6.07, 6.45) is 4.72. The van der Waals surface area contributed by atoms with Crippen molar-refractivity contribution in [3.8, 4) is 0 Å². The van der Waals surface area contributed by atoms with E-state index >= 15 is 0 Å². The van der Waals surface area contributed by atoms with Crippen molar-refractivity contribution >= 4 is 15.9 Å². The Morgan fingerprint density at radius 1 is 1.11 bits per heavy atom. The van der Waals surface area contributed by atoms with Crippen LogP contribution in [-0.2, 0) is 14.8 Å². The first-order valence-corrected chi connectivity index (χ1v) is 11.9. The van der Waals surface area contributed by atoms with E-state index in [9.17, 15) is 13.2 Å². The molecule has 7 heteroatoms. The lowest BCUT2D eigenvalue weighted by Crippen LogP contribution is -2.43. The molecular weight excluding hydrogens is 374 g/mol. The van der Waals surface area contributed by atoms with E-state index < -0.39 is 10.0 Å². The highest BCUT2D eigenvalue weighted by atomic mass is 32.2. The van der Waals surface area contributed by atoms with Gasteiger partial charge in [0.1, 0.15) is 0 Å². The molecule has 2 fully saturated rings. The first-order valence-electron chi connectivity index (χ1n) is 10.5. The van der Waals surface area contributed by atoms with Gasteiger partial charge in [-0.25, -0.2) is 8.42 Å². The van der Waals surface area contributed by atoms with E-state index in [-0.39, 0.29) is 11.8 Å². The van der Waals surface area contributed by atoms with Crippen LogP contribution >= 0.6 is 0 Å². The minimum Gasteiger partial charge on any atom is -0.356 e. The van der Waals surface area contributed by atoms with Crippen molar-refractivity contribution in [2.75, 3.05) is 39.3 Å². The fourth-order valence-electron chi connectivity index (χ4n) is 4.15. The highest BCUT2D eigenvalue weighted by Crippen LogP contribution is 2.26. The third kappa shape index (κ3) is 5.13. The Hall–Kier alpha value is -1.44. The molecule has 0 aliphatic carbocycles. The van der Waals surface area contributed by atoms with Gasteiger partial charge >= 0.3 is 0 Å². The van der Waals surface area contributed by atoms with E-state index in [2.05, 4.69) is 10.2 Å². The molecule has 3 rings (SSSR count). The lowest BCUT2D eigenvalue weighted by Gasteiger charge is -2.31. The quantitative estimate of drug-likeness (QED) is 0.704. The Balaban J connectivity index is 1.46. The molecule has 1 amide bonds. The number of nitrogens with zero attached hydrogens (tertiary/aromatic N) is 2. The molecular formula is C21H33N3O3S. The highest BCUT2D eigenvalue weighted by Gasteiger charge is 2.32. The largest absolute Gasteiger partial charge is 0.356 e. The topological polar surface area (TPSA) is 69.7 Å². The standard InChI is InChI=1S/C21H33N3O3S/c1-17-6-7-18(2)20(16-17)28(26,27)24-14-8-19(9-15-24)21(25)22-10-5-13-23-11-3-4-12-23/h6-7,16,19H,3-5,8-15H2,1-2H3,(H,22,25). The molecule has 0 aromatic heterocycles. The van der Waals surface area contributed by atoms with Crippen LogP contribution in [0.2, 0.25) is 0 Å². The molecule has 0 bridgehead atoms. The van der Waals surface area contributed by atoms with Crippen molar-refractivity contribution in [1.29, 1.82) is 0 Å². The van der Waals surface area contributed by atoms with Crippen molar-refractivity contribution in [3.63, 3.8) is 0 Å². The number of carbonyl (C=O) groups is 1. The van der Waals surface area contributed by atoms with Crippen molar-refractivity contribution in [2.45, 2.75) is 50.8 Å². The summed E-state index contributed by atoms with van der Waals surface area (Å²) in [5.74, 6) is -0.0120. The molecule has 2 saturated heterocycles. The van der Waals surface area contributed by atoms with Crippen molar-refractivity contribution in [2.24, 2.45) is 5.92 Å². The summed E-state index contributed by atoms with van der Waals surface area (Å²) in [5.41, 5.74) is 1.70. The van der Waals surface area contributed by atoms with Gasteiger partial charge < -0.3 is 10.2 Å². The average molecular weight is 408 g/mol. The van der Waals surface area contributed by atoms with Gasteiger partial charge in [0, 0.05) is 25.6 Å². The molecule has 0 atom stereocenters. The first kappa shape index (κ1) is 21.3. The summed E-state index contributed by atoms with van der Waals surface area (Å²) >= 11 is 0. The zero-order valence-electron chi connectivity index (χ0n) is 17.1. The molecule has 2 aliphatic heterocycles. The fourth-order valence-corrected chi connectivity index (χ4v) is 5.93. The maximum absolute atomic E-state index is 13.0. The predicted molar refractivity (Wildman–Crippen MR) is 111 cm³/mol. The normalized spacial score (nSPS) is 19.8. The molecule has 0 spiro atoms. The Morgan fingerprint density at radius 2 is 1.79 bits per heavy atom. The van der Waals surface area contributed by atoms with Crippen LogP contribution in [-0.4, -0.2) is 62.8 Å². The predicted octanol–water partition coefficient (Wildman–Crippen LogP) is 2.31. The van der Waals surface area contributed by atoms with Crippen LogP contribution in [0.15, 0.2) is 23.1 Å². The van der Waals surface area contributed by atoms with Gasteiger partial charge in [-0.05, 0) is 82.8 Å². The summed E-state index contributed by atoms with van der Waals surface area (Å²) in [5, 5.41) is 3.04. The number of aryl methyl sites for hydroxylation is 2. The minimum atomic E-state index is -3.50. The Bertz CT molecular complexity index is 780. The molecule has 0 radical (unpaired) electrons. The van der Waals surface area contributed by atoms with Gasteiger partial charge in [-0.2, -0.15) is 4.31 Å². The first-order chi connectivity index (χ1) is 13.4.